The molecule has 0 spiro atoms. The van der Waals surface area contributed by atoms with Gasteiger partial charge in [0.05, 0.1) is 4.90 Å². The molecule has 0 aliphatic heterocycles. The van der Waals surface area contributed by atoms with Gasteiger partial charge >= 0.3 is 29.6 Å². The predicted molar refractivity (Wildman–Crippen MR) is 47.9 cm³/mol. The number of rotatable bonds is 1. The minimum atomic E-state index is -4.47. The molecule has 0 bridgehead atoms. The minimum absolute atomic E-state index is 0. The second kappa shape index (κ2) is 6.97. The molecule has 1 N–H and O–H groups in total. The standard InChI is InChI=1S/C7H8O4S.CH2O.Na/c1-5-6(8)3-2-4-7(5)12(9,10)11;1-2;/h2-4,8H,1H3,(H,9,10,11);1H2;/q;;+1/p-1. The quantitative estimate of drug-likeness (QED) is 0.430. The Labute approximate surface area is 110 Å². The molecule has 0 radical (unpaired) electrons. The molecule has 5 nitrogen and oxygen atoms in total. The summed E-state index contributed by atoms with van der Waals surface area (Å²) in [5, 5.41) is 9.06. The van der Waals surface area contributed by atoms with Crippen LogP contribution in [0.25, 0.3) is 0 Å². The molecule has 15 heavy (non-hydrogen) atoms. The summed E-state index contributed by atoms with van der Waals surface area (Å²) in [7, 11) is -4.47. The van der Waals surface area contributed by atoms with Crippen molar-refractivity contribution in [1.29, 1.82) is 0 Å². The Bertz CT molecular complexity index is 415. The number of benzene rings is 1. The molecule has 0 amide bonds. The Morgan fingerprint density at radius 2 is 1.80 bits per heavy atom. The summed E-state index contributed by atoms with van der Waals surface area (Å²) in [5.41, 5.74) is 0.0903. The van der Waals surface area contributed by atoms with Gasteiger partial charge in [0.15, 0.2) is 0 Å². The van der Waals surface area contributed by atoms with Gasteiger partial charge in [-0.15, -0.1) is 0 Å². The molecule has 0 aliphatic carbocycles. The second-order valence-electron chi connectivity index (χ2n) is 2.35. The zero-order chi connectivity index (χ0) is 11.4. The first-order valence-corrected chi connectivity index (χ1v) is 4.87. The van der Waals surface area contributed by atoms with Gasteiger partial charge in [-0.3, -0.25) is 0 Å². The van der Waals surface area contributed by atoms with Gasteiger partial charge in [-0.1, -0.05) is 6.07 Å². The SMILES string of the molecule is C=O.Cc1c(O)cccc1S(=O)(=O)[O-].[Na+]. The van der Waals surface area contributed by atoms with E-state index < -0.39 is 10.1 Å². The topological polar surface area (TPSA) is 94.5 Å². The van der Waals surface area contributed by atoms with Crippen LogP contribution in [0.1, 0.15) is 5.56 Å². The first-order chi connectivity index (χ1) is 6.43. The molecule has 0 aliphatic rings. The fourth-order valence-electron chi connectivity index (χ4n) is 0.874. The van der Waals surface area contributed by atoms with E-state index in [-0.39, 0.29) is 45.8 Å². The third-order valence-corrected chi connectivity index (χ3v) is 2.51. The van der Waals surface area contributed by atoms with Crippen LogP contribution in [-0.4, -0.2) is 24.9 Å². The summed E-state index contributed by atoms with van der Waals surface area (Å²) in [4.78, 5) is 7.63. The molecule has 0 aromatic heterocycles. The first-order valence-electron chi connectivity index (χ1n) is 3.46. The van der Waals surface area contributed by atoms with Crippen molar-refractivity contribution in [2.45, 2.75) is 11.8 Å². The van der Waals surface area contributed by atoms with Gasteiger partial charge in [-0.2, -0.15) is 0 Å². The normalized spacial score (nSPS) is 9.47. The third-order valence-electron chi connectivity index (χ3n) is 1.52. The van der Waals surface area contributed by atoms with Gasteiger partial charge in [-0.05, 0) is 19.1 Å². The van der Waals surface area contributed by atoms with Crippen molar-refractivity contribution in [3.63, 3.8) is 0 Å². The van der Waals surface area contributed by atoms with Gasteiger partial charge in [-0.25, -0.2) is 8.42 Å². The van der Waals surface area contributed by atoms with E-state index in [1.54, 1.807) is 0 Å². The van der Waals surface area contributed by atoms with Crippen LogP contribution in [-0.2, 0) is 14.9 Å². The second-order valence-corrected chi connectivity index (χ2v) is 3.70. The van der Waals surface area contributed by atoms with E-state index in [9.17, 15) is 13.0 Å². The average Bonchev–Trinajstić information content (AvgIpc) is 2.11. The Hall–Kier alpha value is -0.400. The number of aromatic hydroxyl groups is 1. The summed E-state index contributed by atoms with van der Waals surface area (Å²) in [6, 6.07) is 3.80. The van der Waals surface area contributed by atoms with Crippen molar-refractivity contribution in [3.05, 3.63) is 23.8 Å². The van der Waals surface area contributed by atoms with Crippen molar-refractivity contribution in [1.82, 2.24) is 0 Å². The van der Waals surface area contributed by atoms with E-state index in [2.05, 4.69) is 0 Å². The number of carbonyl (C=O) groups excluding carboxylic acids is 1. The summed E-state index contributed by atoms with van der Waals surface area (Å²) in [6.45, 7) is 3.38. The maximum Gasteiger partial charge on any atom is 1.00 e. The molecule has 0 saturated carbocycles. The predicted octanol–water partition coefficient (Wildman–Crippen LogP) is -2.58. The number of hydrogen-bond acceptors (Lipinski definition) is 5. The van der Waals surface area contributed by atoms with Crippen molar-refractivity contribution in [2.75, 3.05) is 0 Å². The van der Waals surface area contributed by atoms with Crippen molar-refractivity contribution < 1.29 is 52.4 Å². The molecule has 0 unspecified atom stereocenters. The molecule has 78 valence electrons. The monoisotopic (exact) mass is 240 g/mol. The molecule has 1 rings (SSSR count). The molecule has 1 aromatic rings. The van der Waals surface area contributed by atoms with E-state index in [1.165, 1.54) is 19.1 Å². The van der Waals surface area contributed by atoms with Gasteiger partial charge in [0.25, 0.3) is 0 Å². The number of phenols is 1. The van der Waals surface area contributed by atoms with E-state index >= 15 is 0 Å². The molecule has 0 fully saturated rings. The van der Waals surface area contributed by atoms with E-state index in [1.807, 2.05) is 6.79 Å². The summed E-state index contributed by atoms with van der Waals surface area (Å²) >= 11 is 0. The molecular formula is C8H9NaO5S. The molecular weight excluding hydrogens is 231 g/mol. The summed E-state index contributed by atoms with van der Waals surface area (Å²) < 4.78 is 31.6. The fraction of sp³-hybridized carbons (Fsp3) is 0.125. The molecule has 0 atom stereocenters. The average molecular weight is 240 g/mol. The smallest absolute Gasteiger partial charge is 0.744 e. The molecule has 0 heterocycles. The van der Waals surface area contributed by atoms with Crippen LogP contribution in [0.15, 0.2) is 23.1 Å². The van der Waals surface area contributed by atoms with Crippen LogP contribution in [0.4, 0.5) is 0 Å². The van der Waals surface area contributed by atoms with Crippen molar-refractivity contribution in [3.8, 4) is 5.75 Å². The van der Waals surface area contributed by atoms with Gasteiger partial charge in [0.2, 0.25) is 0 Å². The zero-order valence-corrected chi connectivity index (χ0v) is 11.2. The van der Waals surface area contributed by atoms with E-state index in [4.69, 9.17) is 9.90 Å². The van der Waals surface area contributed by atoms with Crippen LogP contribution in [0, 0.1) is 6.92 Å². The van der Waals surface area contributed by atoms with Gasteiger partial charge < -0.3 is 14.5 Å². The van der Waals surface area contributed by atoms with Crippen molar-refractivity contribution in [2.24, 2.45) is 0 Å². The zero-order valence-electron chi connectivity index (χ0n) is 8.43. The Morgan fingerprint density at radius 3 is 2.13 bits per heavy atom. The number of hydrogen-bond donors (Lipinski definition) is 1. The van der Waals surface area contributed by atoms with Gasteiger partial charge in [0.1, 0.15) is 22.7 Å². The largest absolute Gasteiger partial charge is 1.00 e. The number of carbonyl (C=O) groups is 1. The summed E-state index contributed by atoms with van der Waals surface area (Å²) in [6.07, 6.45) is 0. The van der Waals surface area contributed by atoms with Crippen LogP contribution < -0.4 is 29.6 Å². The molecule has 0 saturated heterocycles. The maximum atomic E-state index is 10.5. The van der Waals surface area contributed by atoms with E-state index in [0.29, 0.717) is 0 Å². The third kappa shape index (κ3) is 4.76. The fourth-order valence-corrected chi connectivity index (χ4v) is 1.60. The van der Waals surface area contributed by atoms with E-state index in [0.717, 1.165) is 6.07 Å². The van der Waals surface area contributed by atoms with Crippen molar-refractivity contribution >= 4 is 16.9 Å². The Kier molecular flexibility index (Phi) is 7.90. The van der Waals surface area contributed by atoms with Crippen LogP contribution in [0.3, 0.4) is 0 Å². The molecule has 1 aromatic carbocycles. The minimum Gasteiger partial charge on any atom is -0.744 e. The summed E-state index contributed by atoms with van der Waals surface area (Å²) in [5.74, 6) is -0.188. The van der Waals surface area contributed by atoms with Crippen LogP contribution in [0.2, 0.25) is 0 Å². The Morgan fingerprint density at radius 1 is 1.33 bits per heavy atom. The van der Waals surface area contributed by atoms with Crippen LogP contribution >= 0.6 is 0 Å². The van der Waals surface area contributed by atoms with Gasteiger partial charge in [0, 0.05) is 5.56 Å². The van der Waals surface area contributed by atoms with Crippen LogP contribution in [0.5, 0.6) is 5.75 Å². The first kappa shape index (κ1) is 17.0. The molecule has 7 heteroatoms. The number of phenolic OH excluding ortho intramolecular Hbond substituents is 1. The Balaban J connectivity index is 0. The maximum absolute atomic E-state index is 10.5.